The fourth-order valence-corrected chi connectivity index (χ4v) is 9.80. The van der Waals surface area contributed by atoms with Gasteiger partial charge in [-0.1, -0.05) is 89.8 Å². The molecular weight excluding hydrogens is 448 g/mol. The second kappa shape index (κ2) is 9.65. The molecule has 0 N–H and O–H groups in total. The van der Waals surface area contributed by atoms with Gasteiger partial charge in [-0.3, -0.25) is 0 Å². The van der Waals surface area contributed by atoms with Crippen LogP contribution in [0.3, 0.4) is 0 Å². The van der Waals surface area contributed by atoms with Crippen molar-refractivity contribution in [2.75, 3.05) is 0 Å². The number of aromatic nitrogens is 2. The Bertz CT molecular complexity index is 1150. The van der Waals surface area contributed by atoms with Gasteiger partial charge in [-0.15, -0.1) is 0 Å². The Kier molecular flexibility index (Phi) is 6.61. The van der Waals surface area contributed by atoms with Gasteiger partial charge >= 0.3 is 0 Å². The molecule has 1 aromatic carbocycles. The van der Waals surface area contributed by atoms with Crippen molar-refractivity contribution in [2.45, 2.75) is 98.8 Å². The van der Waals surface area contributed by atoms with E-state index < -0.39 is 0 Å². The van der Waals surface area contributed by atoms with Crippen molar-refractivity contribution in [1.29, 1.82) is 0 Å². The van der Waals surface area contributed by atoms with Crippen LogP contribution in [0, 0.1) is 46.3 Å². The summed E-state index contributed by atoms with van der Waals surface area (Å²) in [7, 11) is 0. The van der Waals surface area contributed by atoms with Crippen molar-refractivity contribution >= 4 is 6.08 Å². The molecule has 6 rings (SSSR count). The SMILES string of the molecule is CC(C)CCC[C@@H](C)[C@H]1CC[C@H]2[C@@H]3CCC4=Cc5nc(-c6ccccc6)ncc5C[C@]4(C)[C@H]3CC[C@]12C. The molecule has 4 aliphatic carbocycles. The highest BCUT2D eigenvalue weighted by atomic mass is 14.9. The average molecular weight is 497 g/mol. The lowest BCUT2D eigenvalue weighted by Gasteiger charge is -2.58. The highest BCUT2D eigenvalue weighted by Crippen LogP contribution is 2.67. The van der Waals surface area contributed by atoms with E-state index in [4.69, 9.17) is 9.97 Å². The summed E-state index contributed by atoms with van der Waals surface area (Å²) in [6.45, 7) is 12.7. The molecule has 0 bridgehead atoms. The van der Waals surface area contributed by atoms with Gasteiger partial charge in [0.15, 0.2) is 5.82 Å². The maximum Gasteiger partial charge on any atom is 0.159 e. The van der Waals surface area contributed by atoms with Gasteiger partial charge < -0.3 is 0 Å². The molecule has 3 saturated carbocycles. The van der Waals surface area contributed by atoms with Crippen molar-refractivity contribution in [2.24, 2.45) is 46.3 Å². The minimum Gasteiger partial charge on any atom is -0.236 e. The van der Waals surface area contributed by atoms with E-state index in [9.17, 15) is 0 Å². The highest BCUT2D eigenvalue weighted by molar-refractivity contribution is 5.63. The third-order valence-electron chi connectivity index (χ3n) is 11.7. The lowest BCUT2D eigenvalue weighted by Crippen LogP contribution is -2.51. The third-order valence-corrected chi connectivity index (χ3v) is 11.7. The Morgan fingerprint density at radius 3 is 2.54 bits per heavy atom. The zero-order valence-corrected chi connectivity index (χ0v) is 24.0. The highest BCUT2D eigenvalue weighted by Gasteiger charge is 2.59. The molecule has 3 fully saturated rings. The van der Waals surface area contributed by atoms with E-state index >= 15 is 0 Å². The summed E-state index contributed by atoms with van der Waals surface area (Å²) < 4.78 is 0. The fourth-order valence-electron chi connectivity index (χ4n) is 9.80. The third kappa shape index (κ3) is 4.31. The van der Waals surface area contributed by atoms with E-state index in [1.807, 2.05) is 0 Å². The Balaban J connectivity index is 1.22. The van der Waals surface area contributed by atoms with E-state index in [2.05, 4.69) is 77.2 Å². The number of rotatable bonds is 6. The van der Waals surface area contributed by atoms with E-state index in [1.165, 1.54) is 69.0 Å². The fraction of sp³-hybridized carbons (Fsp3) is 0.657. The first-order valence-electron chi connectivity index (χ1n) is 15.4. The number of fused-ring (bicyclic) bond motifs is 6. The molecule has 0 spiro atoms. The molecule has 0 saturated heterocycles. The molecule has 1 heterocycles. The van der Waals surface area contributed by atoms with Crippen LogP contribution in [0.5, 0.6) is 0 Å². The molecule has 2 nitrogen and oxygen atoms in total. The van der Waals surface area contributed by atoms with Crippen LogP contribution in [0.15, 0.2) is 42.1 Å². The number of hydrogen-bond donors (Lipinski definition) is 0. The molecule has 37 heavy (non-hydrogen) atoms. The molecule has 2 heteroatoms. The summed E-state index contributed by atoms with van der Waals surface area (Å²) in [6.07, 6.45) is 18.5. The topological polar surface area (TPSA) is 25.8 Å². The molecule has 0 amide bonds. The quantitative estimate of drug-likeness (QED) is 0.398. The number of hydrogen-bond acceptors (Lipinski definition) is 2. The van der Waals surface area contributed by atoms with Crippen LogP contribution in [-0.4, -0.2) is 9.97 Å². The summed E-state index contributed by atoms with van der Waals surface area (Å²) in [5, 5.41) is 0. The van der Waals surface area contributed by atoms with E-state index in [0.717, 1.165) is 53.3 Å². The lowest BCUT2D eigenvalue weighted by atomic mass is 9.46. The molecule has 0 radical (unpaired) electrons. The second-order valence-electron chi connectivity index (χ2n) is 14.2. The van der Waals surface area contributed by atoms with E-state index in [1.54, 1.807) is 5.57 Å². The van der Waals surface area contributed by atoms with Gasteiger partial charge in [0.05, 0.1) is 5.69 Å². The first-order valence-corrected chi connectivity index (χ1v) is 15.4. The molecule has 7 atom stereocenters. The molecule has 0 aliphatic heterocycles. The minimum absolute atomic E-state index is 0.288. The normalized spacial score (nSPS) is 35.2. The van der Waals surface area contributed by atoms with Crippen LogP contribution in [0.25, 0.3) is 17.5 Å². The minimum atomic E-state index is 0.288. The Morgan fingerprint density at radius 1 is 0.946 bits per heavy atom. The maximum atomic E-state index is 5.05. The van der Waals surface area contributed by atoms with Crippen molar-refractivity contribution in [3.8, 4) is 11.4 Å². The molecule has 0 unspecified atom stereocenters. The zero-order valence-electron chi connectivity index (χ0n) is 24.0. The van der Waals surface area contributed by atoms with Crippen molar-refractivity contribution in [1.82, 2.24) is 9.97 Å². The largest absolute Gasteiger partial charge is 0.236 e. The van der Waals surface area contributed by atoms with Crippen molar-refractivity contribution < 1.29 is 0 Å². The van der Waals surface area contributed by atoms with Gasteiger partial charge in [-0.25, -0.2) is 9.97 Å². The molecular formula is C35H48N2. The van der Waals surface area contributed by atoms with Crippen LogP contribution >= 0.6 is 0 Å². The van der Waals surface area contributed by atoms with Crippen LogP contribution in [-0.2, 0) is 6.42 Å². The first-order chi connectivity index (χ1) is 17.8. The van der Waals surface area contributed by atoms with Gasteiger partial charge in [0.2, 0.25) is 0 Å². The van der Waals surface area contributed by atoms with Gasteiger partial charge in [0.1, 0.15) is 0 Å². The van der Waals surface area contributed by atoms with Crippen LogP contribution < -0.4 is 0 Å². The standard InChI is InChI=1S/C35H48N2/c1-23(2)10-9-11-24(3)29-16-17-30-28-15-14-27-20-32-26(21-35(27,5)31(28)18-19-34(29,30)4)22-36-33(37-32)25-12-7-6-8-13-25/h6-8,12-13,20,22-24,28-31H,9-11,14-19,21H2,1-5H3/t24-,28+,29-,30+,31+,34-,35+/m1/s1. The summed E-state index contributed by atoms with van der Waals surface area (Å²) >= 11 is 0. The van der Waals surface area contributed by atoms with E-state index in [-0.39, 0.29) is 5.41 Å². The maximum absolute atomic E-state index is 5.05. The summed E-state index contributed by atoms with van der Waals surface area (Å²) in [6, 6.07) is 10.4. The molecule has 2 aromatic rings. The van der Waals surface area contributed by atoms with Gasteiger partial charge in [-0.2, -0.15) is 0 Å². The van der Waals surface area contributed by atoms with Crippen LogP contribution in [0.4, 0.5) is 0 Å². The summed E-state index contributed by atoms with van der Waals surface area (Å²) in [4.78, 5) is 9.87. The monoisotopic (exact) mass is 496 g/mol. The predicted octanol–water partition coefficient (Wildman–Crippen LogP) is 9.40. The Morgan fingerprint density at radius 2 is 1.76 bits per heavy atom. The van der Waals surface area contributed by atoms with Gasteiger partial charge in [-0.05, 0) is 103 Å². The lowest BCUT2D eigenvalue weighted by molar-refractivity contribution is -0.0551. The van der Waals surface area contributed by atoms with Crippen LogP contribution in [0.2, 0.25) is 0 Å². The van der Waals surface area contributed by atoms with Crippen LogP contribution in [0.1, 0.15) is 104 Å². The second-order valence-corrected chi connectivity index (χ2v) is 14.2. The Labute approximate surface area is 225 Å². The molecule has 4 aliphatic rings. The number of nitrogens with zero attached hydrogens (tertiary/aromatic N) is 2. The van der Waals surface area contributed by atoms with Gasteiger partial charge in [0, 0.05) is 11.8 Å². The summed E-state index contributed by atoms with van der Waals surface area (Å²) in [5.41, 5.74) is 6.19. The molecule has 1 aromatic heterocycles. The zero-order chi connectivity index (χ0) is 25.8. The summed E-state index contributed by atoms with van der Waals surface area (Å²) in [5.74, 6) is 6.18. The van der Waals surface area contributed by atoms with Crippen molar-refractivity contribution in [3.05, 3.63) is 53.4 Å². The number of benzene rings is 1. The van der Waals surface area contributed by atoms with Crippen molar-refractivity contribution in [3.63, 3.8) is 0 Å². The van der Waals surface area contributed by atoms with Gasteiger partial charge in [0.25, 0.3) is 0 Å². The first kappa shape index (κ1) is 25.3. The number of allylic oxidation sites excluding steroid dienone is 1. The Hall–Kier alpha value is -1.96. The molecule has 198 valence electrons. The predicted molar refractivity (Wildman–Crippen MR) is 155 cm³/mol. The smallest absolute Gasteiger partial charge is 0.159 e. The average Bonchev–Trinajstić information content (AvgIpc) is 3.24. The van der Waals surface area contributed by atoms with E-state index in [0.29, 0.717) is 5.41 Å².